The van der Waals surface area contributed by atoms with E-state index >= 15 is 0 Å². The van der Waals surface area contributed by atoms with Crippen molar-refractivity contribution in [2.45, 2.75) is 6.92 Å². The molecule has 0 N–H and O–H groups in total. The predicted octanol–water partition coefficient (Wildman–Crippen LogP) is 1.82. The van der Waals surface area contributed by atoms with Crippen LogP contribution in [0, 0.1) is 0 Å². The molecule has 128 valence electrons. The van der Waals surface area contributed by atoms with Crippen LogP contribution in [0.1, 0.15) is 12.7 Å². The third-order valence-corrected chi connectivity index (χ3v) is 3.95. The number of amides is 1. The molecule has 1 aromatic rings. The number of rotatable bonds is 7. The van der Waals surface area contributed by atoms with Crippen LogP contribution in [0.25, 0.3) is 6.08 Å². The van der Waals surface area contributed by atoms with Crippen LogP contribution in [0.4, 0.5) is 0 Å². The SMILES string of the molecule is CCOC(=O)/C=C1\SCC(=O)N1CCOC(=O)/C=C/c1ccco1. The molecule has 0 aromatic carbocycles. The third kappa shape index (κ3) is 5.31. The van der Waals surface area contributed by atoms with Crippen molar-refractivity contribution >= 4 is 35.7 Å². The van der Waals surface area contributed by atoms with Crippen molar-refractivity contribution < 1.29 is 28.3 Å². The largest absolute Gasteiger partial charge is 0.465 e. The maximum absolute atomic E-state index is 11.8. The van der Waals surface area contributed by atoms with E-state index in [9.17, 15) is 14.4 Å². The van der Waals surface area contributed by atoms with Gasteiger partial charge in [0.25, 0.3) is 0 Å². The molecule has 2 rings (SSSR count). The lowest BCUT2D eigenvalue weighted by atomic mass is 10.4. The van der Waals surface area contributed by atoms with E-state index in [-0.39, 0.29) is 31.4 Å². The smallest absolute Gasteiger partial charge is 0.333 e. The van der Waals surface area contributed by atoms with Crippen LogP contribution >= 0.6 is 11.8 Å². The first kappa shape index (κ1) is 17.9. The molecule has 1 saturated heterocycles. The van der Waals surface area contributed by atoms with Crippen molar-refractivity contribution in [3.8, 4) is 0 Å². The van der Waals surface area contributed by atoms with Crippen LogP contribution < -0.4 is 0 Å². The summed E-state index contributed by atoms with van der Waals surface area (Å²) < 4.78 is 14.9. The summed E-state index contributed by atoms with van der Waals surface area (Å²) in [5, 5.41) is 0.501. The molecule has 1 amide bonds. The fourth-order valence-corrected chi connectivity index (χ4v) is 2.83. The van der Waals surface area contributed by atoms with Crippen LogP contribution in [0.2, 0.25) is 0 Å². The molecule has 0 aliphatic carbocycles. The Labute approximate surface area is 143 Å². The third-order valence-electron chi connectivity index (χ3n) is 2.92. The average molecular weight is 351 g/mol. The van der Waals surface area contributed by atoms with Crippen LogP contribution in [0.3, 0.4) is 0 Å². The fourth-order valence-electron chi connectivity index (χ4n) is 1.88. The predicted molar refractivity (Wildman–Crippen MR) is 87.6 cm³/mol. The summed E-state index contributed by atoms with van der Waals surface area (Å²) >= 11 is 1.25. The number of ether oxygens (including phenoxy) is 2. The number of hydrogen-bond acceptors (Lipinski definition) is 7. The molecule has 1 aliphatic heterocycles. The minimum Gasteiger partial charge on any atom is -0.465 e. The molecule has 0 radical (unpaired) electrons. The van der Waals surface area contributed by atoms with E-state index in [2.05, 4.69) is 0 Å². The van der Waals surface area contributed by atoms with Gasteiger partial charge in [-0.25, -0.2) is 9.59 Å². The van der Waals surface area contributed by atoms with Gasteiger partial charge in [0.1, 0.15) is 12.4 Å². The summed E-state index contributed by atoms with van der Waals surface area (Å²) in [4.78, 5) is 36.3. The molecule has 1 aromatic heterocycles. The standard InChI is InChI=1S/C16H17NO6S/c1-2-21-16(20)10-14-17(13(18)11-24-14)7-9-23-15(19)6-5-12-4-3-8-22-12/h3-6,8,10H,2,7,9,11H2,1H3/b6-5+,14-10-. The van der Waals surface area contributed by atoms with Crippen molar-refractivity contribution in [2.75, 3.05) is 25.5 Å². The van der Waals surface area contributed by atoms with Gasteiger partial charge in [-0.15, -0.1) is 0 Å². The molecule has 0 saturated carbocycles. The Morgan fingerprint density at radius 2 is 2.21 bits per heavy atom. The van der Waals surface area contributed by atoms with Crippen LogP contribution in [-0.4, -0.2) is 48.3 Å². The molecule has 2 heterocycles. The second-order valence-corrected chi connectivity index (χ2v) is 5.58. The molecule has 0 unspecified atom stereocenters. The maximum atomic E-state index is 11.8. The van der Waals surface area contributed by atoms with Crippen molar-refractivity contribution in [3.05, 3.63) is 41.3 Å². The fraction of sp³-hybridized carbons (Fsp3) is 0.312. The first-order chi connectivity index (χ1) is 11.6. The summed E-state index contributed by atoms with van der Waals surface area (Å²) in [5.41, 5.74) is 0. The van der Waals surface area contributed by atoms with E-state index in [4.69, 9.17) is 13.9 Å². The van der Waals surface area contributed by atoms with Crippen molar-refractivity contribution in [2.24, 2.45) is 0 Å². The van der Waals surface area contributed by atoms with Gasteiger partial charge in [0.05, 0.1) is 36.3 Å². The Hall–Kier alpha value is -2.48. The summed E-state index contributed by atoms with van der Waals surface area (Å²) in [6, 6.07) is 3.41. The molecule has 1 aliphatic rings. The molecule has 0 bridgehead atoms. The van der Waals surface area contributed by atoms with Gasteiger partial charge in [0.2, 0.25) is 5.91 Å². The van der Waals surface area contributed by atoms with Gasteiger partial charge >= 0.3 is 11.9 Å². The van der Waals surface area contributed by atoms with E-state index in [1.54, 1.807) is 19.1 Å². The second-order valence-electron chi connectivity index (χ2n) is 4.58. The van der Waals surface area contributed by atoms with Crippen LogP contribution in [-0.2, 0) is 23.9 Å². The highest BCUT2D eigenvalue weighted by molar-refractivity contribution is 8.04. The number of hydrogen-bond donors (Lipinski definition) is 0. The van der Waals surface area contributed by atoms with Gasteiger partial charge in [-0.3, -0.25) is 4.79 Å². The zero-order valence-electron chi connectivity index (χ0n) is 13.1. The maximum Gasteiger partial charge on any atom is 0.333 e. The quantitative estimate of drug-likeness (QED) is 0.547. The number of furan rings is 1. The lowest BCUT2D eigenvalue weighted by molar-refractivity contribution is -0.140. The molecule has 0 atom stereocenters. The van der Waals surface area contributed by atoms with Gasteiger partial charge in [0, 0.05) is 6.08 Å². The van der Waals surface area contributed by atoms with Crippen molar-refractivity contribution in [3.63, 3.8) is 0 Å². The number of carbonyl (C=O) groups is 3. The van der Waals surface area contributed by atoms with Crippen molar-refractivity contribution in [1.29, 1.82) is 0 Å². The summed E-state index contributed by atoms with van der Waals surface area (Å²) in [5.74, 6) is -0.396. The molecule has 0 spiro atoms. The van der Waals surface area contributed by atoms with E-state index in [0.29, 0.717) is 10.8 Å². The zero-order chi connectivity index (χ0) is 17.4. The zero-order valence-corrected chi connectivity index (χ0v) is 13.9. The Morgan fingerprint density at radius 1 is 1.38 bits per heavy atom. The van der Waals surface area contributed by atoms with Crippen molar-refractivity contribution in [1.82, 2.24) is 4.90 Å². The molecule has 7 nitrogen and oxygen atoms in total. The lowest BCUT2D eigenvalue weighted by Gasteiger charge is -2.16. The Balaban J connectivity index is 1.82. The minimum atomic E-state index is -0.540. The van der Waals surface area contributed by atoms with Gasteiger partial charge in [0.15, 0.2) is 0 Å². The first-order valence-corrected chi connectivity index (χ1v) is 8.28. The lowest BCUT2D eigenvalue weighted by Crippen LogP contribution is -2.29. The average Bonchev–Trinajstić information content (AvgIpc) is 3.18. The van der Waals surface area contributed by atoms with Gasteiger partial charge in [-0.05, 0) is 25.1 Å². The number of nitrogens with zero attached hydrogens (tertiary/aromatic N) is 1. The second kappa shape index (κ2) is 8.97. The molecular weight excluding hydrogens is 334 g/mol. The van der Waals surface area contributed by atoms with E-state index < -0.39 is 11.9 Å². The monoisotopic (exact) mass is 351 g/mol. The van der Waals surface area contributed by atoms with E-state index in [1.165, 1.54) is 41.2 Å². The molecule has 8 heteroatoms. The van der Waals surface area contributed by atoms with Crippen LogP contribution in [0.5, 0.6) is 0 Å². The summed E-state index contributed by atoms with van der Waals surface area (Å²) in [6.45, 7) is 2.17. The topological polar surface area (TPSA) is 86.0 Å². The van der Waals surface area contributed by atoms with Gasteiger partial charge in [-0.2, -0.15) is 0 Å². The summed E-state index contributed by atoms with van der Waals surface area (Å²) in [6.07, 6.45) is 5.51. The number of carbonyl (C=O) groups excluding carboxylic acids is 3. The molecule has 24 heavy (non-hydrogen) atoms. The Bertz CT molecular complexity index is 650. The van der Waals surface area contributed by atoms with E-state index in [0.717, 1.165) is 0 Å². The molecule has 1 fully saturated rings. The molecular formula is C16H17NO6S. The number of thioether (sulfide) groups is 1. The van der Waals surface area contributed by atoms with Gasteiger partial charge < -0.3 is 18.8 Å². The van der Waals surface area contributed by atoms with E-state index in [1.807, 2.05) is 0 Å². The first-order valence-electron chi connectivity index (χ1n) is 7.30. The normalized spacial score (nSPS) is 16.1. The summed E-state index contributed by atoms with van der Waals surface area (Å²) in [7, 11) is 0. The number of esters is 2. The minimum absolute atomic E-state index is 0.0216. The Kier molecular flexibility index (Phi) is 6.68. The highest BCUT2D eigenvalue weighted by Crippen LogP contribution is 2.28. The van der Waals surface area contributed by atoms with Crippen LogP contribution in [0.15, 0.2) is 40.0 Å². The highest BCUT2D eigenvalue weighted by Gasteiger charge is 2.27. The Morgan fingerprint density at radius 3 is 2.92 bits per heavy atom. The highest BCUT2D eigenvalue weighted by atomic mass is 32.2. The van der Waals surface area contributed by atoms with Gasteiger partial charge in [-0.1, -0.05) is 11.8 Å².